The first kappa shape index (κ1) is 24.8. The van der Waals surface area contributed by atoms with Crippen LogP contribution in [0.1, 0.15) is 47.7 Å². The second-order valence-electron chi connectivity index (χ2n) is 7.06. The molecular formula is C23H26FN3O5. The van der Waals surface area contributed by atoms with Gasteiger partial charge in [-0.1, -0.05) is 13.3 Å². The molecule has 9 heteroatoms. The summed E-state index contributed by atoms with van der Waals surface area (Å²) in [6.07, 6.45) is 3.58. The van der Waals surface area contributed by atoms with Crippen molar-refractivity contribution in [1.29, 1.82) is 5.26 Å². The lowest BCUT2D eigenvalue weighted by Gasteiger charge is -2.13. The molecule has 0 saturated carbocycles. The Morgan fingerprint density at radius 2 is 2.03 bits per heavy atom. The molecule has 0 aliphatic carbocycles. The molecule has 32 heavy (non-hydrogen) atoms. The minimum atomic E-state index is -0.665. The number of hydrogen-bond donors (Lipinski definition) is 1. The number of hydrogen-bond acceptors (Lipinski definition) is 6. The Bertz CT molecular complexity index is 1060. The summed E-state index contributed by atoms with van der Waals surface area (Å²) in [4.78, 5) is 37.4. The molecule has 0 spiro atoms. The summed E-state index contributed by atoms with van der Waals surface area (Å²) in [7, 11) is 1.53. The van der Waals surface area contributed by atoms with Gasteiger partial charge in [-0.05, 0) is 37.1 Å². The first-order chi connectivity index (χ1) is 15.4. The number of ether oxygens (including phenoxy) is 2. The van der Waals surface area contributed by atoms with E-state index in [1.165, 1.54) is 30.0 Å². The summed E-state index contributed by atoms with van der Waals surface area (Å²) >= 11 is 0. The molecule has 2 rings (SSSR count). The molecule has 1 heterocycles. The maximum absolute atomic E-state index is 13.9. The van der Waals surface area contributed by atoms with Crippen LogP contribution in [0.2, 0.25) is 0 Å². The van der Waals surface area contributed by atoms with E-state index in [0.29, 0.717) is 19.6 Å². The minimum Gasteiger partial charge on any atom is -0.483 e. The standard InChI is InChI=1S/C23H26FN3O5/c1-3-4-8-26-21(28)15-32-20-7-6-18(24)12-19(20)22(29)17-11-16(13-25)23(30)27(14-17)9-5-10-31-2/h6-7,11-12,14H,3-5,8-10,15H2,1-2H3,(H,26,28). The van der Waals surface area contributed by atoms with Crippen LogP contribution in [0, 0.1) is 17.1 Å². The van der Waals surface area contributed by atoms with Crippen LogP contribution in [0.4, 0.5) is 4.39 Å². The largest absolute Gasteiger partial charge is 0.483 e. The summed E-state index contributed by atoms with van der Waals surface area (Å²) in [6.45, 7) is 2.81. The van der Waals surface area contributed by atoms with E-state index >= 15 is 0 Å². The number of methoxy groups -OCH3 is 1. The van der Waals surface area contributed by atoms with Crippen LogP contribution in [0.5, 0.6) is 5.75 Å². The molecule has 1 aromatic heterocycles. The van der Waals surface area contributed by atoms with Crippen LogP contribution in [0.25, 0.3) is 0 Å². The number of aromatic nitrogens is 1. The lowest BCUT2D eigenvalue weighted by Crippen LogP contribution is -2.30. The highest BCUT2D eigenvalue weighted by atomic mass is 19.1. The van der Waals surface area contributed by atoms with Crippen molar-refractivity contribution >= 4 is 11.7 Å². The maximum Gasteiger partial charge on any atom is 0.268 e. The number of nitriles is 1. The van der Waals surface area contributed by atoms with Crippen LogP contribution in [0.3, 0.4) is 0 Å². The molecule has 1 aromatic carbocycles. The van der Waals surface area contributed by atoms with E-state index in [0.717, 1.165) is 25.0 Å². The zero-order valence-electron chi connectivity index (χ0n) is 18.2. The number of nitrogens with one attached hydrogen (secondary N) is 1. The normalized spacial score (nSPS) is 10.4. The third kappa shape index (κ3) is 6.75. The van der Waals surface area contributed by atoms with Crippen molar-refractivity contribution in [3.05, 3.63) is 63.3 Å². The summed E-state index contributed by atoms with van der Waals surface area (Å²) in [5.41, 5.74) is -0.819. The first-order valence-electron chi connectivity index (χ1n) is 10.3. The number of ketones is 1. The van der Waals surface area contributed by atoms with Gasteiger partial charge in [0, 0.05) is 38.6 Å². The zero-order valence-corrected chi connectivity index (χ0v) is 18.2. The number of carbonyl (C=O) groups excluding carboxylic acids is 2. The quantitative estimate of drug-likeness (QED) is 0.398. The number of unbranched alkanes of at least 4 members (excludes halogenated alkanes) is 1. The van der Waals surface area contributed by atoms with Crippen molar-refractivity contribution in [2.45, 2.75) is 32.7 Å². The third-order valence-corrected chi connectivity index (χ3v) is 4.61. The highest BCUT2D eigenvalue weighted by molar-refractivity contribution is 6.10. The number of amides is 1. The van der Waals surface area contributed by atoms with Gasteiger partial charge < -0.3 is 19.4 Å². The number of halogens is 1. The Morgan fingerprint density at radius 3 is 2.72 bits per heavy atom. The number of benzene rings is 1. The van der Waals surface area contributed by atoms with E-state index in [2.05, 4.69) is 5.32 Å². The molecule has 2 aromatic rings. The zero-order chi connectivity index (χ0) is 23.5. The molecule has 170 valence electrons. The fourth-order valence-corrected chi connectivity index (χ4v) is 2.95. The van der Waals surface area contributed by atoms with E-state index in [4.69, 9.17) is 9.47 Å². The van der Waals surface area contributed by atoms with Gasteiger partial charge in [0.15, 0.2) is 12.4 Å². The molecule has 0 aliphatic rings. The molecular weight excluding hydrogens is 417 g/mol. The van der Waals surface area contributed by atoms with Gasteiger partial charge in [0.05, 0.1) is 5.56 Å². The average Bonchev–Trinajstić information content (AvgIpc) is 2.79. The van der Waals surface area contributed by atoms with Crippen molar-refractivity contribution in [2.24, 2.45) is 0 Å². The summed E-state index contributed by atoms with van der Waals surface area (Å²) in [5, 5.41) is 12.0. The molecule has 0 saturated heterocycles. The highest BCUT2D eigenvalue weighted by Gasteiger charge is 2.19. The van der Waals surface area contributed by atoms with Gasteiger partial charge in [-0.15, -0.1) is 0 Å². The topological polar surface area (TPSA) is 110 Å². The summed E-state index contributed by atoms with van der Waals surface area (Å²) in [5.74, 6) is -1.64. The maximum atomic E-state index is 13.9. The van der Waals surface area contributed by atoms with Crippen LogP contribution in [0.15, 0.2) is 35.3 Å². The molecule has 0 atom stereocenters. The molecule has 1 amide bonds. The highest BCUT2D eigenvalue weighted by Crippen LogP contribution is 2.23. The van der Waals surface area contributed by atoms with E-state index in [9.17, 15) is 24.0 Å². The van der Waals surface area contributed by atoms with E-state index in [1.807, 2.05) is 6.92 Å². The van der Waals surface area contributed by atoms with Crippen LogP contribution in [-0.2, 0) is 16.1 Å². The number of nitrogens with zero attached hydrogens (tertiary/aromatic N) is 2. The van der Waals surface area contributed by atoms with Gasteiger partial charge in [-0.3, -0.25) is 14.4 Å². The van der Waals surface area contributed by atoms with Gasteiger partial charge in [0.1, 0.15) is 23.2 Å². The second kappa shape index (κ2) is 12.4. The molecule has 8 nitrogen and oxygen atoms in total. The van der Waals surface area contributed by atoms with Gasteiger partial charge in [-0.25, -0.2) is 4.39 Å². The lowest BCUT2D eigenvalue weighted by molar-refractivity contribution is -0.123. The average molecular weight is 443 g/mol. The van der Waals surface area contributed by atoms with E-state index in [-0.39, 0.29) is 41.5 Å². The molecule has 0 aliphatic heterocycles. The Hall–Kier alpha value is -3.51. The lowest BCUT2D eigenvalue weighted by atomic mass is 10.0. The van der Waals surface area contributed by atoms with E-state index < -0.39 is 17.2 Å². The fourth-order valence-electron chi connectivity index (χ4n) is 2.95. The van der Waals surface area contributed by atoms with Gasteiger partial charge in [0.2, 0.25) is 0 Å². The van der Waals surface area contributed by atoms with Crippen LogP contribution in [-0.4, -0.2) is 43.1 Å². The predicted octanol–water partition coefficient (Wildman–Crippen LogP) is 2.42. The van der Waals surface area contributed by atoms with Crippen LogP contribution < -0.4 is 15.6 Å². The number of rotatable bonds is 12. The first-order valence-corrected chi connectivity index (χ1v) is 10.3. The number of aryl methyl sites for hydroxylation is 1. The van der Waals surface area contributed by atoms with Crippen molar-refractivity contribution in [3.63, 3.8) is 0 Å². The minimum absolute atomic E-state index is 0.0256. The molecule has 1 N–H and O–H groups in total. The Morgan fingerprint density at radius 1 is 1.25 bits per heavy atom. The number of carbonyl (C=O) groups is 2. The third-order valence-electron chi connectivity index (χ3n) is 4.61. The molecule has 0 radical (unpaired) electrons. The van der Waals surface area contributed by atoms with Gasteiger partial charge >= 0.3 is 0 Å². The fraction of sp³-hybridized carbons (Fsp3) is 0.391. The monoisotopic (exact) mass is 443 g/mol. The van der Waals surface area contributed by atoms with E-state index in [1.54, 1.807) is 6.07 Å². The Balaban J connectivity index is 2.31. The molecule has 0 fully saturated rings. The SMILES string of the molecule is CCCCNC(=O)COc1ccc(F)cc1C(=O)c1cc(C#N)c(=O)n(CCCOC)c1. The number of pyridine rings is 1. The summed E-state index contributed by atoms with van der Waals surface area (Å²) < 4.78 is 25.6. The second-order valence-corrected chi connectivity index (χ2v) is 7.06. The van der Waals surface area contributed by atoms with Crippen LogP contribution >= 0.6 is 0 Å². The predicted molar refractivity (Wildman–Crippen MR) is 115 cm³/mol. The van der Waals surface area contributed by atoms with Crippen molar-refractivity contribution < 1.29 is 23.5 Å². The van der Waals surface area contributed by atoms with Crippen molar-refractivity contribution in [3.8, 4) is 11.8 Å². The smallest absolute Gasteiger partial charge is 0.268 e. The van der Waals surface area contributed by atoms with Crippen molar-refractivity contribution in [1.82, 2.24) is 9.88 Å². The van der Waals surface area contributed by atoms with Gasteiger partial charge in [-0.2, -0.15) is 5.26 Å². The molecule has 0 unspecified atom stereocenters. The van der Waals surface area contributed by atoms with Crippen molar-refractivity contribution in [2.75, 3.05) is 26.9 Å². The Kier molecular flexibility index (Phi) is 9.57. The molecule has 0 bridgehead atoms. The van der Waals surface area contributed by atoms with Gasteiger partial charge in [0.25, 0.3) is 11.5 Å². The Labute approximate surface area is 185 Å². The summed E-state index contributed by atoms with van der Waals surface area (Å²) in [6, 6.07) is 6.34.